The van der Waals surface area contributed by atoms with Crippen molar-refractivity contribution < 1.29 is 9.50 Å². The molecule has 0 bridgehead atoms. The molecule has 2 aliphatic rings. The highest BCUT2D eigenvalue weighted by Crippen LogP contribution is 2.36. The lowest BCUT2D eigenvalue weighted by molar-refractivity contribution is 0.0731. The Morgan fingerprint density at radius 1 is 1.08 bits per heavy atom. The second kappa shape index (κ2) is 7.00. The van der Waals surface area contributed by atoms with Gasteiger partial charge in [-0.1, -0.05) is 11.6 Å². The van der Waals surface area contributed by atoms with Gasteiger partial charge in [0.05, 0.1) is 11.1 Å². The van der Waals surface area contributed by atoms with Crippen molar-refractivity contribution in [1.82, 2.24) is 9.97 Å². The normalized spacial score (nSPS) is 23.1. The van der Waals surface area contributed by atoms with Crippen LogP contribution in [0.5, 0.6) is 0 Å². The van der Waals surface area contributed by atoms with Crippen LogP contribution in [0.2, 0.25) is 5.02 Å². The number of piperazine rings is 1. The summed E-state index contributed by atoms with van der Waals surface area (Å²) in [7, 11) is 0. The lowest BCUT2D eigenvalue weighted by Gasteiger charge is -2.37. The van der Waals surface area contributed by atoms with Crippen molar-refractivity contribution in [2.24, 2.45) is 0 Å². The molecule has 1 aliphatic heterocycles. The number of aryl methyl sites for hydroxylation is 1. The zero-order valence-corrected chi connectivity index (χ0v) is 15.5. The maximum atomic E-state index is 13.4. The van der Waals surface area contributed by atoms with E-state index in [2.05, 4.69) is 25.8 Å². The first-order valence-corrected chi connectivity index (χ1v) is 9.36. The van der Waals surface area contributed by atoms with Crippen molar-refractivity contribution in [3.8, 4) is 0 Å². The molecule has 2 fully saturated rings. The van der Waals surface area contributed by atoms with E-state index in [9.17, 15) is 9.50 Å². The minimum absolute atomic E-state index is 0.156. The molecule has 1 N–H and O–H groups in total. The molecule has 1 aromatic carbocycles. The van der Waals surface area contributed by atoms with E-state index in [0.29, 0.717) is 5.92 Å². The molecule has 2 heterocycles. The van der Waals surface area contributed by atoms with Gasteiger partial charge >= 0.3 is 0 Å². The number of aliphatic hydroxyl groups is 1. The van der Waals surface area contributed by atoms with E-state index in [0.717, 1.165) is 62.0 Å². The molecule has 138 valence electrons. The predicted octanol–water partition coefficient (Wildman–Crippen LogP) is 3.14. The number of hydrogen-bond acceptors (Lipinski definition) is 5. The molecule has 1 saturated heterocycles. The minimum atomic E-state index is -0.390. The second-order valence-corrected chi connectivity index (χ2v) is 7.50. The molecule has 0 spiro atoms. The Balaban J connectivity index is 1.45. The van der Waals surface area contributed by atoms with E-state index < -0.39 is 0 Å². The molecule has 0 atom stereocenters. The van der Waals surface area contributed by atoms with Crippen LogP contribution in [0, 0.1) is 12.7 Å². The molecule has 0 radical (unpaired) electrons. The molecule has 7 heteroatoms. The van der Waals surface area contributed by atoms with Crippen LogP contribution >= 0.6 is 11.6 Å². The largest absolute Gasteiger partial charge is 0.393 e. The molecule has 5 nitrogen and oxygen atoms in total. The number of anilines is 2. The first-order chi connectivity index (χ1) is 12.5. The molecule has 0 amide bonds. The Hall–Kier alpha value is -1.92. The summed E-state index contributed by atoms with van der Waals surface area (Å²) >= 11 is 5.90. The fourth-order valence-electron chi connectivity index (χ4n) is 3.65. The van der Waals surface area contributed by atoms with Crippen molar-refractivity contribution in [2.75, 3.05) is 36.0 Å². The van der Waals surface area contributed by atoms with Gasteiger partial charge in [0, 0.05) is 49.5 Å². The van der Waals surface area contributed by atoms with E-state index in [1.165, 1.54) is 6.07 Å². The van der Waals surface area contributed by atoms with Crippen LogP contribution in [0.15, 0.2) is 24.3 Å². The maximum absolute atomic E-state index is 13.4. The van der Waals surface area contributed by atoms with Crippen LogP contribution < -0.4 is 9.80 Å². The van der Waals surface area contributed by atoms with Gasteiger partial charge in [0.25, 0.3) is 0 Å². The predicted molar refractivity (Wildman–Crippen MR) is 101 cm³/mol. The van der Waals surface area contributed by atoms with E-state index >= 15 is 0 Å². The van der Waals surface area contributed by atoms with E-state index in [-0.39, 0.29) is 16.9 Å². The van der Waals surface area contributed by atoms with E-state index in [1.807, 2.05) is 6.92 Å². The van der Waals surface area contributed by atoms with Crippen molar-refractivity contribution >= 4 is 23.1 Å². The summed E-state index contributed by atoms with van der Waals surface area (Å²) in [4.78, 5) is 13.6. The summed E-state index contributed by atoms with van der Waals surface area (Å²) in [5.41, 5.74) is 1.98. The maximum Gasteiger partial charge on any atom is 0.141 e. The number of rotatable bonds is 3. The summed E-state index contributed by atoms with van der Waals surface area (Å²) in [5, 5.41) is 9.71. The van der Waals surface area contributed by atoms with Gasteiger partial charge in [-0.15, -0.1) is 0 Å². The number of nitrogens with zero attached hydrogens (tertiary/aromatic N) is 4. The Kier molecular flexibility index (Phi) is 4.71. The summed E-state index contributed by atoms with van der Waals surface area (Å²) in [6.45, 7) is 5.22. The van der Waals surface area contributed by atoms with Gasteiger partial charge in [-0.3, -0.25) is 0 Å². The molecular formula is C19H22ClFN4O. The van der Waals surface area contributed by atoms with Crippen molar-refractivity contribution in [2.45, 2.75) is 31.8 Å². The minimum Gasteiger partial charge on any atom is -0.393 e. The molecule has 1 aromatic heterocycles. The summed E-state index contributed by atoms with van der Waals surface area (Å²) < 4.78 is 13.4. The molecular weight excluding hydrogens is 355 g/mol. The molecule has 2 aromatic rings. The zero-order chi connectivity index (χ0) is 18.3. The summed E-state index contributed by atoms with van der Waals surface area (Å²) in [6.07, 6.45) is 1.38. The van der Waals surface area contributed by atoms with Crippen LogP contribution in [0.3, 0.4) is 0 Å². The Morgan fingerprint density at radius 2 is 1.77 bits per heavy atom. The van der Waals surface area contributed by atoms with E-state index in [1.54, 1.807) is 12.1 Å². The Morgan fingerprint density at radius 3 is 2.42 bits per heavy atom. The van der Waals surface area contributed by atoms with Crippen LogP contribution in [0.25, 0.3) is 0 Å². The highest BCUT2D eigenvalue weighted by Gasteiger charge is 2.30. The van der Waals surface area contributed by atoms with Gasteiger partial charge in [-0.2, -0.15) is 0 Å². The topological polar surface area (TPSA) is 52.5 Å². The molecule has 1 saturated carbocycles. The van der Waals surface area contributed by atoms with Crippen molar-refractivity contribution in [3.63, 3.8) is 0 Å². The average Bonchev–Trinajstić information content (AvgIpc) is 2.61. The fraction of sp³-hybridized carbons (Fsp3) is 0.474. The monoisotopic (exact) mass is 376 g/mol. The average molecular weight is 377 g/mol. The summed E-state index contributed by atoms with van der Waals surface area (Å²) in [5.74, 6) is 1.67. The molecule has 0 unspecified atom stereocenters. The van der Waals surface area contributed by atoms with Gasteiger partial charge in [-0.05, 0) is 38.0 Å². The molecule has 4 rings (SSSR count). The standard InChI is InChI=1S/C19H22ClFN4O/c1-12-22-18(13-8-15(26)9-13)11-19(23-12)25-6-4-24(5-7-25)14-2-3-17(21)16(20)10-14/h2-3,10-11,13,15,26H,4-9H2,1H3. The third kappa shape index (κ3) is 3.48. The van der Waals surface area contributed by atoms with Crippen LogP contribution in [0.4, 0.5) is 15.9 Å². The zero-order valence-electron chi connectivity index (χ0n) is 14.7. The quantitative estimate of drug-likeness (QED) is 0.891. The highest BCUT2D eigenvalue weighted by molar-refractivity contribution is 6.31. The molecule has 1 aliphatic carbocycles. The number of halogens is 2. The highest BCUT2D eigenvalue weighted by atomic mass is 35.5. The Labute approximate surface area is 157 Å². The van der Waals surface area contributed by atoms with Gasteiger partial charge in [0.15, 0.2) is 0 Å². The summed E-state index contributed by atoms with van der Waals surface area (Å²) in [6, 6.07) is 6.93. The van der Waals surface area contributed by atoms with Crippen LogP contribution in [0.1, 0.15) is 30.3 Å². The number of benzene rings is 1. The van der Waals surface area contributed by atoms with Crippen molar-refractivity contribution in [3.05, 3.63) is 46.6 Å². The first-order valence-electron chi connectivity index (χ1n) is 8.98. The van der Waals surface area contributed by atoms with Gasteiger partial charge < -0.3 is 14.9 Å². The fourth-order valence-corrected chi connectivity index (χ4v) is 3.83. The third-order valence-corrected chi connectivity index (χ3v) is 5.54. The van der Waals surface area contributed by atoms with Crippen molar-refractivity contribution in [1.29, 1.82) is 0 Å². The SMILES string of the molecule is Cc1nc(C2CC(O)C2)cc(N2CCN(c3ccc(F)c(Cl)c3)CC2)n1. The van der Waals surface area contributed by atoms with Gasteiger partial charge in [0.1, 0.15) is 17.5 Å². The molecule has 26 heavy (non-hydrogen) atoms. The van der Waals surface area contributed by atoms with Crippen LogP contribution in [-0.2, 0) is 0 Å². The number of aromatic nitrogens is 2. The lowest BCUT2D eigenvalue weighted by atomic mass is 9.80. The van der Waals surface area contributed by atoms with Gasteiger partial charge in [0.2, 0.25) is 0 Å². The number of aliphatic hydroxyl groups excluding tert-OH is 1. The Bertz CT molecular complexity index is 804. The third-order valence-electron chi connectivity index (χ3n) is 5.25. The van der Waals surface area contributed by atoms with Gasteiger partial charge in [-0.25, -0.2) is 14.4 Å². The van der Waals surface area contributed by atoms with Crippen LogP contribution in [-0.4, -0.2) is 47.4 Å². The van der Waals surface area contributed by atoms with E-state index in [4.69, 9.17) is 11.6 Å². The number of hydrogen-bond donors (Lipinski definition) is 1. The second-order valence-electron chi connectivity index (χ2n) is 7.09. The lowest BCUT2D eigenvalue weighted by Crippen LogP contribution is -2.47. The smallest absolute Gasteiger partial charge is 0.141 e. The first kappa shape index (κ1) is 17.5.